The number of aliphatic hydroxyl groups is 1. The summed E-state index contributed by atoms with van der Waals surface area (Å²) in [7, 11) is 6.15. The maximum atomic E-state index is 15.8. The van der Waals surface area contributed by atoms with Gasteiger partial charge in [0.25, 0.3) is 0 Å². The topological polar surface area (TPSA) is 193 Å². The highest BCUT2D eigenvalue weighted by Crippen LogP contribution is 2.68. The molecule has 6 aliphatic heterocycles. The molecule has 10 rings (SSSR count). The van der Waals surface area contributed by atoms with Crippen molar-refractivity contribution in [1.82, 2.24) is 25.0 Å². The Kier molecular flexibility index (Phi) is 13.0. The largest absolute Gasteiger partial charge is 0.496 e. The van der Waals surface area contributed by atoms with Crippen molar-refractivity contribution in [1.29, 1.82) is 0 Å². The number of hydrogen-bond donors (Lipinski definition) is 3. The van der Waals surface area contributed by atoms with Crippen molar-refractivity contribution in [3.63, 3.8) is 0 Å². The summed E-state index contributed by atoms with van der Waals surface area (Å²) in [6, 6.07) is 10.9. The number of para-hydroxylation sites is 1. The number of nitrogens with zero attached hydrogens (tertiary/aromatic N) is 4. The maximum Gasteiger partial charge on any atom is 0.410 e. The second kappa shape index (κ2) is 18.6. The monoisotopic (exact) mass is 1020 g/mol. The van der Waals surface area contributed by atoms with E-state index in [2.05, 4.69) is 45.2 Å². The highest BCUT2D eigenvalue weighted by molar-refractivity contribution is 5.95. The molecule has 1 unspecified atom stereocenters. The van der Waals surface area contributed by atoms with Gasteiger partial charge in [-0.05, 0) is 108 Å². The number of H-pyrrole nitrogens is 1. The van der Waals surface area contributed by atoms with E-state index in [1.54, 1.807) is 12.0 Å². The number of carbonyl (C=O) groups excluding carboxylic acids is 5. The molecule has 7 aliphatic rings. The molecule has 2 amide bonds. The summed E-state index contributed by atoms with van der Waals surface area (Å²) >= 11 is 0. The summed E-state index contributed by atoms with van der Waals surface area (Å²) in [4.78, 5) is 83.4. The number of amides is 2. The zero-order valence-electron chi connectivity index (χ0n) is 44.9. The first-order valence-corrected chi connectivity index (χ1v) is 26.8. The van der Waals surface area contributed by atoms with Gasteiger partial charge in [-0.15, -0.1) is 0 Å². The Labute approximate surface area is 434 Å². The Morgan fingerprint density at radius 3 is 2.30 bits per heavy atom. The molecule has 400 valence electrons. The minimum Gasteiger partial charge on any atom is -0.496 e. The molecule has 1 saturated carbocycles. The number of aromatic nitrogens is 1. The van der Waals surface area contributed by atoms with Crippen LogP contribution in [0.2, 0.25) is 0 Å². The molecule has 10 atom stereocenters. The lowest BCUT2D eigenvalue weighted by Gasteiger charge is -2.63. The number of benzene rings is 2. The van der Waals surface area contributed by atoms with E-state index in [0.29, 0.717) is 108 Å². The van der Waals surface area contributed by atoms with Gasteiger partial charge in [0.2, 0.25) is 11.5 Å². The third-order valence-electron chi connectivity index (χ3n) is 18.5. The van der Waals surface area contributed by atoms with Crippen LogP contribution in [0.4, 0.5) is 10.5 Å². The number of carbonyl (C=O) groups is 5. The number of hydrogen-bond acceptors (Lipinski definition) is 14. The second-order valence-electron chi connectivity index (χ2n) is 23.5. The summed E-state index contributed by atoms with van der Waals surface area (Å²) in [6.45, 7) is 15.1. The van der Waals surface area contributed by atoms with E-state index in [-0.39, 0.29) is 29.9 Å². The number of likely N-dealkylation sites (tertiary alicyclic amines) is 1. The number of piperidine rings is 2. The van der Waals surface area contributed by atoms with Crippen LogP contribution < -0.4 is 15.0 Å². The average Bonchev–Trinajstić information content (AvgIpc) is 4.08. The highest BCUT2D eigenvalue weighted by Gasteiger charge is 2.80. The number of esters is 3. The molecule has 3 N–H and O–H groups in total. The first-order chi connectivity index (χ1) is 35.2. The molecule has 17 nitrogen and oxygen atoms in total. The summed E-state index contributed by atoms with van der Waals surface area (Å²) < 4.78 is 30.0. The average molecular weight is 1020 g/mol. The van der Waals surface area contributed by atoms with Gasteiger partial charge in [-0.2, -0.15) is 0 Å². The normalized spacial score (nSPS) is 33.5. The maximum absolute atomic E-state index is 15.8. The predicted octanol–water partition coefficient (Wildman–Crippen LogP) is 5.76. The Hall–Kier alpha value is -5.65. The molecule has 0 radical (unpaired) electrons. The summed E-state index contributed by atoms with van der Waals surface area (Å²) in [6.07, 6.45) is 6.59. The van der Waals surface area contributed by atoms with Gasteiger partial charge in [-0.1, -0.05) is 44.2 Å². The molecule has 4 fully saturated rings. The molecular formula is C57H76N6O11. The van der Waals surface area contributed by atoms with E-state index in [0.717, 1.165) is 33.4 Å². The number of fused-ring (bicyclic) bond motifs is 6. The first kappa shape index (κ1) is 51.8. The van der Waals surface area contributed by atoms with E-state index in [9.17, 15) is 24.3 Å². The molecule has 3 saturated heterocycles. The number of methoxy groups -OCH3 is 3. The lowest BCUT2D eigenvalue weighted by molar-refractivity contribution is -0.228. The van der Waals surface area contributed by atoms with Crippen LogP contribution in [0.5, 0.6) is 5.75 Å². The van der Waals surface area contributed by atoms with Crippen LogP contribution in [0.15, 0.2) is 48.6 Å². The zero-order chi connectivity index (χ0) is 52.9. The number of likely N-dealkylation sites (N-methyl/N-ethyl adjacent to an activating group) is 1. The molecule has 2 aromatic carbocycles. The van der Waals surface area contributed by atoms with Crippen LogP contribution in [0.3, 0.4) is 0 Å². The summed E-state index contributed by atoms with van der Waals surface area (Å²) in [5, 5.41) is 18.1. The Bertz CT molecular complexity index is 2780. The predicted molar refractivity (Wildman–Crippen MR) is 277 cm³/mol. The van der Waals surface area contributed by atoms with Crippen molar-refractivity contribution in [3.8, 4) is 5.75 Å². The lowest BCUT2D eigenvalue weighted by Crippen LogP contribution is -2.81. The summed E-state index contributed by atoms with van der Waals surface area (Å²) in [5.41, 5.74) is -2.32. The van der Waals surface area contributed by atoms with E-state index >= 15 is 4.79 Å². The van der Waals surface area contributed by atoms with Crippen LogP contribution in [0.1, 0.15) is 109 Å². The first-order valence-electron chi connectivity index (χ1n) is 26.8. The molecule has 17 heteroatoms. The number of rotatable bonds is 9. The SMILES string of the molecule is CC[C@]1(NC(=O)C2CCN(C(=O)OC(C)(C)C)CC2)C[C@H]2CN(CCc3c([nH]c4ccccc34)[C@@](C(=O)OC)(c3cc4c(cc3OC)N(C)[C@H]3[C@@](O)(C(=O)OC)[C@H](OC(C)=O)[C@]5(CC)C=CCN6CC[C@]43[C@@H]65)C2)C1. The molecule has 7 heterocycles. The van der Waals surface area contributed by atoms with Crippen molar-refractivity contribution < 1.29 is 52.8 Å². The van der Waals surface area contributed by atoms with Gasteiger partial charge >= 0.3 is 24.0 Å². The smallest absolute Gasteiger partial charge is 0.410 e. The van der Waals surface area contributed by atoms with E-state index in [1.807, 2.05) is 70.0 Å². The van der Waals surface area contributed by atoms with Gasteiger partial charge in [0, 0.05) is 110 Å². The van der Waals surface area contributed by atoms with Crippen LogP contribution in [-0.2, 0) is 55.4 Å². The number of aromatic amines is 1. The Morgan fingerprint density at radius 2 is 1.64 bits per heavy atom. The van der Waals surface area contributed by atoms with Crippen molar-refractivity contribution in [3.05, 3.63) is 70.9 Å². The molecular weight excluding hydrogens is 945 g/mol. The Balaban J connectivity index is 1.12. The van der Waals surface area contributed by atoms with E-state index in [4.69, 9.17) is 23.7 Å². The van der Waals surface area contributed by atoms with Crippen LogP contribution in [0.25, 0.3) is 10.9 Å². The van der Waals surface area contributed by atoms with Crippen LogP contribution >= 0.6 is 0 Å². The number of anilines is 1. The number of ether oxygens (including phenoxy) is 5. The standard InChI is InChI=1S/C57H76N6O11/c1-11-53(59-45(65)36-18-25-63(26-19-36)51(68)74-52(4,5)6)30-35-31-56(49(66)71-9,44-38(20-24-61(32-35)33-53)37-16-13-14-17-41(37)58-44)40-28-39-42(29-43(40)70-8)60(7)47-55(39)22-27-62-23-15-21-54(12-2,46(55)62)48(73-34(3)64)57(47,69)50(67)72-10/h13-17,21,28-29,35-36,46-48,58,69H,11-12,18-20,22-27,30-33H2,1-10H3,(H,59,65)/t35-,46+,47-,48-,53+,54-,55-,56+,57+/m1/s1. The van der Waals surface area contributed by atoms with Gasteiger partial charge in [0.05, 0.1) is 32.9 Å². The van der Waals surface area contributed by atoms with Crippen molar-refractivity contribution in [2.24, 2.45) is 17.3 Å². The molecule has 1 aliphatic carbocycles. The van der Waals surface area contributed by atoms with E-state index < -0.39 is 63.0 Å². The van der Waals surface area contributed by atoms with E-state index in [1.165, 1.54) is 21.1 Å². The fourth-order valence-corrected chi connectivity index (χ4v) is 15.7. The van der Waals surface area contributed by atoms with Gasteiger partial charge in [0.15, 0.2) is 6.10 Å². The minimum atomic E-state index is -2.34. The van der Waals surface area contributed by atoms with Crippen molar-refractivity contribution in [2.45, 2.75) is 139 Å². The van der Waals surface area contributed by atoms with Crippen LogP contribution in [-0.4, -0.2) is 164 Å². The fourth-order valence-electron chi connectivity index (χ4n) is 15.7. The van der Waals surface area contributed by atoms with Gasteiger partial charge < -0.3 is 53.8 Å². The van der Waals surface area contributed by atoms with Gasteiger partial charge in [-0.25, -0.2) is 9.59 Å². The quantitative estimate of drug-likeness (QED) is 0.133. The molecule has 3 aromatic rings. The zero-order valence-corrected chi connectivity index (χ0v) is 44.9. The van der Waals surface area contributed by atoms with Gasteiger partial charge in [-0.3, -0.25) is 19.3 Å². The van der Waals surface area contributed by atoms with Crippen molar-refractivity contribution >= 4 is 46.5 Å². The fraction of sp³-hybridized carbons (Fsp3) is 0.632. The van der Waals surface area contributed by atoms with Crippen LogP contribution in [0, 0.1) is 17.3 Å². The minimum absolute atomic E-state index is 0.0264. The highest BCUT2D eigenvalue weighted by atomic mass is 16.6. The Morgan fingerprint density at radius 1 is 0.905 bits per heavy atom. The van der Waals surface area contributed by atoms with Crippen molar-refractivity contribution in [2.75, 3.05) is 79.1 Å². The third kappa shape index (κ3) is 7.66. The number of nitrogens with one attached hydrogen (secondary N) is 2. The molecule has 1 spiro atoms. The second-order valence-corrected chi connectivity index (χ2v) is 23.5. The molecule has 1 aromatic heterocycles. The summed E-state index contributed by atoms with van der Waals surface area (Å²) in [5.74, 6) is -2.01. The lowest BCUT2D eigenvalue weighted by atomic mass is 9.47. The molecule has 74 heavy (non-hydrogen) atoms. The van der Waals surface area contributed by atoms with Gasteiger partial charge in [0.1, 0.15) is 16.8 Å². The molecule has 2 bridgehead atoms. The third-order valence-corrected chi connectivity index (χ3v) is 18.5.